The number of ether oxygens (including phenoxy) is 1. The molecule has 0 N–H and O–H groups in total. The highest BCUT2D eigenvalue weighted by atomic mass is 32.2. The van der Waals surface area contributed by atoms with Crippen LogP contribution >= 0.6 is 0 Å². The molecular weight excluding hydrogens is 308 g/mol. The van der Waals surface area contributed by atoms with Crippen LogP contribution in [0.25, 0.3) is 0 Å². The van der Waals surface area contributed by atoms with Crippen LogP contribution in [-0.4, -0.2) is 78.6 Å². The molecule has 8 nitrogen and oxygen atoms in total. The first-order chi connectivity index (χ1) is 10.4. The molecule has 0 saturated carbocycles. The number of carbonyl (C=O) groups is 1. The van der Waals surface area contributed by atoms with Gasteiger partial charge < -0.3 is 9.64 Å². The number of nitrogens with zero attached hydrogens (tertiary/aromatic N) is 4. The molecule has 0 spiro atoms. The fourth-order valence-electron chi connectivity index (χ4n) is 2.91. The van der Waals surface area contributed by atoms with Crippen molar-refractivity contribution in [3.05, 3.63) is 24.3 Å². The Kier molecular flexibility index (Phi) is 4.11. The van der Waals surface area contributed by atoms with E-state index < -0.39 is 10.0 Å². The smallest absolute Gasteiger partial charge is 0.272 e. The summed E-state index contributed by atoms with van der Waals surface area (Å²) >= 11 is 0. The summed E-state index contributed by atoms with van der Waals surface area (Å²) in [4.78, 5) is 21.8. The van der Waals surface area contributed by atoms with Gasteiger partial charge in [-0.05, 0) is 6.07 Å². The van der Waals surface area contributed by atoms with Gasteiger partial charge in [-0.25, -0.2) is 18.4 Å². The topological polar surface area (TPSA) is 92.7 Å². The fraction of sp³-hybridized carbons (Fsp3) is 0.615. The number of amides is 1. The van der Waals surface area contributed by atoms with Gasteiger partial charge in [-0.1, -0.05) is 0 Å². The van der Waals surface area contributed by atoms with Crippen LogP contribution in [0.3, 0.4) is 0 Å². The molecule has 3 rings (SSSR count). The SMILES string of the molecule is CS(=O)(=O)N1CCO[C@@H]2CN(C(=O)c3ccncn3)C[C@@H]2C1. The first-order valence-electron chi connectivity index (χ1n) is 7.07. The summed E-state index contributed by atoms with van der Waals surface area (Å²) in [6.45, 7) is 2.04. The number of aromatic nitrogens is 2. The highest BCUT2D eigenvalue weighted by molar-refractivity contribution is 7.88. The third-order valence-corrected chi connectivity index (χ3v) is 5.32. The van der Waals surface area contributed by atoms with Gasteiger partial charge in [0.2, 0.25) is 10.0 Å². The summed E-state index contributed by atoms with van der Waals surface area (Å²) in [5.41, 5.74) is 0.339. The number of rotatable bonds is 2. The van der Waals surface area contributed by atoms with Crippen molar-refractivity contribution in [2.75, 3.05) is 39.0 Å². The molecule has 1 aromatic rings. The van der Waals surface area contributed by atoms with E-state index in [2.05, 4.69) is 9.97 Å². The number of carbonyl (C=O) groups excluding carboxylic acids is 1. The molecule has 2 aliphatic rings. The normalized spacial score (nSPS) is 26.5. The zero-order valence-corrected chi connectivity index (χ0v) is 13.1. The zero-order chi connectivity index (χ0) is 15.7. The van der Waals surface area contributed by atoms with Gasteiger partial charge in [0, 0.05) is 38.3 Å². The van der Waals surface area contributed by atoms with Gasteiger partial charge in [0.05, 0.1) is 19.0 Å². The second kappa shape index (κ2) is 5.90. The maximum Gasteiger partial charge on any atom is 0.272 e. The molecule has 1 aromatic heterocycles. The molecule has 1 amide bonds. The molecule has 2 aliphatic heterocycles. The Bertz CT molecular complexity index is 651. The second-order valence-corrected chi connectivity index (χ2v) is 7.58. The van der Waals surface area contributed by atoms with Crippen molar-refractivity contribution in [2.24, 2.45) is 5.92 Å². The van der Waals surface area contributed by atoms with Gasteiger partial charge in [0.15, 0.2) is 0 Å². The van der Waals surface area contributed by atoms with Crippen LogP contribution in [0, 0.1) is 5.92 Å². The summed E-state index contributed by atoms with van der Waals surface area (Å²) in [5.74, 6) is -0.187. The lowest BCUT2D eigenvalue weighted by Crippen LogP contribution is -2.37. The van der Waals surface area contributed by atoms with E-state index in [-0.39, 0.29) is 17.9 Å². The Balaban J connectivity index is 1.72. The molecule has 0 radical (unpaired) electrons. The van der Waals surface area contributed by atoms with Crippen LogP contribution in [-0.2, 0) is 14.8 Å². The fourth-order valence-corrected chi connectivity index (χ4v) is 3.78. The van der Waals surface area contributed by atoms with Crippen molar-refractivity contribution in [3.8, 4) is 0 Å². The summed E-state index contributed by atoms with van der Waals surface area (Å²) in [7, 11) is -3.25. The van der Waals surface area contributed by atoms with Gasteiger partial charge in [-0.15, -0.1) is 0 Å². The number of likely N-dealkylation sites (tertiary alicyclic amines) is 1. The predicted octanol–water partition coefficient (Wildman–Crippen LogP) is -0.791. The van der Waals surface area contributed by atoms with E-state index in [0.29, 0.717) is 38.5 Å². The Morgan fingerprint density at radius 2 is 2.18 bits per heavy atom. The molecule has 0 aromatic carbocycles. The molecular formula is C13H18N4O4S. The summed E-state index contributed by atoms with van der Waals surface area (Å²) in [5, 5.41) is 0. The van der Waals surface area contributed by atoms with Crippen LogP contribution in [0.2, 0.25) is 0 Å². The van der Waals surface area contributed by atoms with Crippen molar-refractivity contribution < 1.29 is 17.9 Å². The molecule has 0 unspecified atom stereocenters. The molecule has 9 heteroatoms. The van der Waals surface area contributed by atoms with Gasteiger partial charge in [-0.2, -0.15) is 4.31 Å². The lowest BCUT2D eigenvalue weighted by atomic mass is 10.1. The lowest BCUT2D eigenvalue weighted by molar-refractivity contribution is 0.0490. The monoisotopic (exact) mass is 326 g/mol. The molecule has 2 fully saturated rings. The van der Waals surface area contributed by atoms with E-state index in [1.165, 1.54) is 23.1 Å². The molecule has 120 valence electrons. The number of hydrogen-bond acceptors (Lipinski definition) is 6. The van der Waals surface area contributed by atoms with E-state index in [9.17, 15) is 13.2 Å². The highest BCUT2D eigenvalue weighted by Gasteiger charge is 2.40. The van der Waals surface area contributed by atoms with Crippen molar-refractivity contribution in [1.82, 2.24) is 19.2 Å². The molecule has 22 heavy (non-hydrogen) atoms. The third-order valence-electron chi connectivity index (χ3n) is 4.05. The van der Waals surface area contributed by atoms with Gasteiger partial charge in [-0.3, -0.25) is 4.79 Å². The summed E-state index contributed by atoms with van der Waals surface area (Å²) in [6, 6.07) is 1.57. The average molecular weight is 326 g/mol. The number of sulfonamides is 1. The van der Waals surface area contributed by atoms with Crippen molar-refractivity contribution in [1.29, 1.82) is 0 Å². The first-order valence-corrected chi connectivity index (χ1v) is 8.92. The van der Waals surface area contributed by atoms with Gasteiger partial charge in [0.1, 0.15) is 12.0 Å². The van der Waals surface area contributed by atoms with Gasteiger partial charge in [0.25, 0.3) is 5.91 Å². The minimum Gasteiger partial charge on any atom is -0.375 e. The predicted molar refractivity (Wildman–Crippen MR) is 77.6 cm³/mol. The standard InChI is InChI=1S/C13H18N4O4S/c1-22(19,20)17-4-5-21-12-8-16(6-10(12)7-17)13(18)11-2-3-14-9-15-11/h2-3,9-10,12H,4-8H2,1H3/t10-,12-/m1/s1. The van der Waals surface area contributed by atoms with Crippen LogP contribution in [0.5, 0.6) is 0 Å². The second-order valence-electron chi connectivity index (χ2n) is 5.60. The van der Waals surface area contributed by atoms with Crippen LogP contribution in [0.15, 0.2) is 18.6 Å². The Labute approximate surface area is 129 Å². The van der Waals surface area contributed by atoms with E-state index in [1.807, 2.05) is 0 Å². The summed E-state index contributed by atoms with van der Waals surface area (Å²) in [6.07, 6.45) is 3.93. The molecule has 2 saturated heterocycles. The maximum absolute atomic E-state index is 12.4. The molecule has 0 aliphatic carbocycles. The number of fused-ring (bicyclic) bond motifs is 1. The Morgan fingerprint density at radius 3 is 2.86 bits per heavy atom. The Hall–Kier alpha value is -1.58. The lowest BCUT2D eigenvalue weighted by Gasteiger charge is -2.21. The highest BCUT2D eigenvalue weighted by Crippen LogP contribution is 2.25. The third kappa shape index (κ3) is 3.11. The first kappa shape index (κ1) is 15.3. The maximum atomic E-state index is 12.4. The van der Waals surface area contributed by atoms with Crippen LogP contribution in [0.4, 0.5) is 0 Å². The van der Waals surface area contributed by atoms with Crippen molar-refractivity contribution in [3.63, 3.8) is 0 Å². The van der Waals surface area contributed by atoms with Gasteiger partial charge >= 0.3 is 0 Å². The van der Waals surface area contributed by atoms with Crippen molar-refractivity contribution >= 4 is 15.9 Å². The number of hydrogen-bond donors (Lipinski definition) is 0. The quantitative estimate of drug-likeness (QED) is 0.707. The van der Waals surface area contributed by atoms with E-state index in [4.69, 9.17) is 4.74 Å². The van der Waals surface area contributed by atoms with E-state index in [0.717, 1.165) is 0 Å². The average Bonchev–Trinajstić information content (AvgIpc) is 2.78. The molecule has 2 atom stereocenters. The van der Waals surface area contributed by atoms with E-state index in [1.54, 1.807) is 11.0 Å². The zero-order valence-electron chi connectivity index (χ0n) is 12.3. The minimum absolute atomic E-state index is 0.0111. The largest absolute Gasteiger partial charge is 0.375 e. The van der Waals surface area contributed by atoms with Crippen molar-refractivity contribution in [2.45, 2.75) is 6.10 Å². The van der Waals surface area contributed by atoms with E-state index >= 15 is 0 Å². The Morgan fingerprint density at radius 1 is 1.36 bits per heavy atom. The van der Waals surface area contributed by atoms with Crippen LogP contribution in [0.1, 0.15) is 10.5 Å². The molecule has 3 heterocycles. The molecule has 0 bridgehead atoms. The minimum atomic E-state index is -3.25. The summed E-state index contributed by atoms with van der Waals surface area (Å²) < 4.78 is 30.6. The van der Waals surface area contributed by atoms with Crippen LogP contribution < -0.4 is 0 Å².